The fourth-order valence-corrected chi connectivity index (χ4v) is 1.63. The molecular weight excluding hydrogens is 244 g/mol. The first-order chi connectivity index (χ1) is 9.06. The Hall–Kier alpha value is -1.56. The van der Waals surface area contributed by atoms with Gasteiger partial charge in [-0.1, -0.05) is 13.8 Å². The fraction of sp³-hybridized carbons (Fsp3) is 0.692. The van der Waals surface area contributed by atoms with Gasteiger partial charge in [-0.3, -0.25) is 9.48 Å². The van der Waals surface area contributed by atoms with E-state index in [1.54, 1.807) is 4.68 Å². The number of nitrogens with zero attached hydrogens (tertiary/aromatic N) is 2. The fourth-order valence-electron chi connectivity index (χ4n) is 1.63. The van der Waals surface area contributed by atoms with Crippen LogP contribution in [0.3, 0.4) is 0 Å². The van der Waals surface area contributed by atoms with Crippen molar-refractivity contribution in [3.63, 3.8) is 0 Å². The second-order valence-electron chi connectivity index (χ2n) is 4.82. The lowest BCUT2D eigenvalue weighted by Gasteiger charge is -2.09. The number of carbonyl (C=O) groups is 1. The molecule has 6 heteroatoms. The molecule has 0 saturated heterocycles. The number of carbonyl (C=O) groups excluding carboxylic acids is 1. The first-order valence-corrected chi connectivity index (χ1v) is 6.73. The molecule has 1 aromatic heterocycles. The Labute approximate surface area is 114 Å². The molecule has 1 amide bonds. The van der Waals surface area contributed by atoms with Gasteiger partial charge in [0.05, 0.1) is 18.5 Å². The molecule has 6 nitrogen and oxygen atoms in total. The molecule has 0 radical (unpaired) electrons. The Bertz CT molecular complexity index is 401. The third kappa shape index (κ3) is 4.90. The molecule has 0 fully saturated rings. The molecule has 0 atom stereocenters. The number of ether oxygens (including phenoxy) is 1. The first-order valence-electron chi connectivity index (χ1n) is 6.73. The summed E-state index contributed by atoms with van der Waals surface area (Å²) in [6.45, 7) is 8.55. The number of nitrogens with one attached hydrogen (secondary N) is 1. The summed E-state index contributed by atoms with van der Waals surface area (Å²) in [5, 5.41) is 6.82. The summed E-state index contributed by atoms with van der Waals surface area (Å²) in [4.78, 5) is 11.9. The highest BCUT2D eigenvalue weighted by molar-refractivity contribution is 5.97. The number of nitrogens with two attached hydrogens (primary N) is 1. The molecule has 1 aromatic rings. The van der Waals surface area contributed by atoms with E-state index in [9.17, 15) is 4.79 Å². The van der Waals surface area contributed by atoms with Crippen molar-refractivity contribution in [3.05, 3.63) is 11.9 Å². The molecule has 0 spiro atoms. The second kappa shape index (κ2) is 7.78. The van der Waals surface area contributed by atoms with E-state index in [1.165, 1.54) is 6.20 Å². The van der Waals surface area contributed by atoms with Gasteiger partial charge in [0, 0.05) is 19.7 Å². The van der Waals surface area contributed by atoms with Crippen molar-refractivity contribution in [2.45, 2.75) is 33.7 Å². The van der Waals surface area contributed by atoms with Crippen LogP contribution in [0.15, 0.2) is 6.20 Å². The lowest BCUT2D eigenvalue weighted by atomic mass is 10.1. The Morgan fingerprint density at radius 1 is 1.53 bits per heavy atom. The summed E-state index contributed by atoms with van der Waals surface area (Å²) >= 11 is 0. The highest BCUT2D eigenvalue weighted by atomic mass is 16.5. The molecule has 0 saturated carbocycles. The van der Waals surface area contributed by atoms with E-state index in [4.69, 9.17) is 10.5 Å². The Kier molecular flexibility index (Phi) is 6.35. The smallest absolute Gasteiger partial charge is 0.271 e. The zero-order valence-electron chi connectivity index (χ0n) is 12.0. The summed E-state index contributed by atoms with van der Waals surface area (Å²) in [6.07, 6.45) is 2.53. The summed E-state index contributed by atoms with van der Waals surface area (Å²) in [5.41, 5.74) is 6.55. The van der Waals surface area contributed by atoms with E-state index < -0.39 is 0 Å². The van der Waals surface area contributed by atoms with Crippen molar-refractivity contribution in [1.82, 2.24) is 15.1 Å². The molecule has 0 unspecified atom stereocenters. The summed E-state index contributed by atoms with van der Waals surface area (Å²) in [7, 11) is 0. The van der Waals surface area contributed by atoms with Crippen LogP contribution in [0.25, 0.3) is 0 Å². The van der Waals surface area contributed by atoms with Gasteiger partial charge in [-0.05, 0) is 19.3 Å². The molecule has 108 valence electrons. The SMILES string of the molecule is CCn1ncc(N)c1C(=O)NCCOCCC(C)C. The molecule has 0 aromatic carbocycles. The lowest BCUT2D eigenvalue weighted by Crippen LogP contribution is -2.30. The van der Waals surface area contributed by atoms with Crippen molar-refractivity contribution < 1.29 is 9.53 Å². The number of hydrogen-bond donors (Lipinski definition) is 2. The van der Waals surface area contributed by atoms with Gasteiger partial charge in [-0.2, -0.15) is 5.10 Å². The summed E-state index contributed by atoms with van der Waals surface area (Å²) in [5.74, 6) is 0.428. The highest BCUT2D eigenvalue weighted by Gasteiger charge is 2.15. The minimum absolute atomic E-state index is 0.204. The van der Waals surface area contributed by atoms with E-state index in [0.29, 0.717) is 37.0 Å². The van der Waals surface area contributed by atoms with Gasteiger partial charge in [0.25, 0.3) is 5.91 Å². The molecule has 0 aliphatic heterocycles. The second-order valence-corrected chi connectivity index (χ2v) is 4.82. The largest absolute Gasteiger partial charge is 0.396 e. The van der Waals surface area contributed by atoms with Crippen LogP contribution in [0.4, 0.5) is 5.69 Å². The Morgan fingerprint density at radius 2 is 2.26 bits per heavy atom. The minimum atomic E-state index is -0.204. The van der Waals surface area contributed by atoms with Gasteiger partial charge in [0.2, 0.25) is 0 Å². The number of amides is 1. The van der Waals surface area contributed by atoms with E-state index in [0.717, 1.165) is 13.0 Å². The van der Waals surface area contributed by atoms with Crippen LogP contribution in [0.2, 0.25) is 0 Å². The van der Waals surface area contributed by atoms with Gasteiger partial charge >= 0.3 is 0 Å². The lowest BCUT2D eigenvalue weighted by molar-refractivity contribution is 0.0897. The number of anilines is 1. The third-order valence-corrected chi connectivity index (χ3v) is 2.75. The number of hydrogen-bond acceptors (Lipinski definition) is 4. The van der Waals surface area contributed by atoms with Crippen molar-refractivity contribution in [3.8, 4) is 0 Å². The van der Waals surface area contributed by atoms with Gasteiger partial charge < -0.3 is 15.8 Å². The van der Waals surface area contributed by atoms with Crippen LogP contribution in [0, 0.1) is 5.92 Å². The number of aryl methyl sites for hydroxylation is 1. The molecule has 0 aliphatic carbocycles. The van der Waals surface area contributed by atoms with Crippen LogP contribution in [-0.4, -0.2) is 35.4 Å². The first kappa shape index (κ1) is 15.5. The topological polar surface area (TPSA) is 82.2 Å². The van der Waals surface area contributed by atoms with E-state index in [-0.39, 0.29) is 5.91 Å². The summed E-state index contributed by atoms with van der Waals surface area (Å²) in [6, 6.07) is 0. The van der Waals surface area contributed by atoms with Crippen molar-refractivity contribution in [1.29, 1.82) is 0 Å². The van der Waals surface area contributed by atoms with Gasteiger partial charge in [0.15, 0.2) is 0 Å². The summed E-state index contributed by atoms with van der Waals surface area (Å²) < 4.78 is 7.02. The Balaban J connectivity index is 2.29. The van der Waals surface area contributed by atoms with Crippen LogP contribution in [0.5, 0.6) is 0 Å². The molecule has 0 aliphatic rings. The zero-order valence-corrected chi connectivity index (χ0v) is 12.0. The molecule has 19 heavy (non-hydrogen) atoms. The van der Waals surface area contributed by atoms with Crippen molar-refractivity contribution >= 4 is 11.6 Å². The average molecular weight is 268 g/mol. The maximum atomic E-state index is 11.9. The number of rotatable bonds is 8. The van der Waals surface area contributed by atoms with E-state index in [1.807, 2.05) is 6.92 Å². The van der Waals surface area contributed by atoms with E-state index in [2.05, 4.69) is 24.3 Å². The predicted octanol–water partition coefficient (Wildman–Crippen LogP) is 1.28. The van der Waals surface area contributed by atoms with Crippen LogP contribution < -0.4 is 11.1 Å². The van der Waals surface area contributed by atoms with Crippen LogP contribution >= 0.6 is 0 Å². The number of aromatic nitrogens is 2. The predicted molar refractivity (Wildman–Crippen MR) is 74.9 cm³/mol. The minimum Gasteiger partial charge on any atom is -0.396 e. The van der Waals surface area contributed by atoms with Gasteiger partial charge in [-0.25, -0.2) is 0 Å². The Morgan fingerprint density at radius 3 is 2.89 bits per heavy atom. The standard InChI is InChI=1S/C13H24N4O2/c1-4-17-12(11(14)9-16-17)13(18)15-6-8-19-7-5-10(2)3/h9-10H,4-8,14H2,1-3H3,(H,15,18). The third-order valence-electron chi connectivity index (χ3n) is 2.75. The van der Waals surface area contributed by atoms with Gasteiger partial charge in [-0.15, -0.1) is 0 Å². The zero-order chi connectivity index (χ0) is 14.3. The molecule has 1 rings (SSSR count). The van der Waals surface area contributed by atoms with Crippen molar-refractivity contribution in [2.75, 3.05) is 25.5 Å². The van der Waals surface area contributed by atoms with Gasteiger partial charge in [0.1, 0.15) is 5.69 Å². The highest BCUT2D eigenvalue weighted by Crippen LogP contribution is 2.10. The molecule has 1 heterocycles. The molecule has 3 N–H and O–H groups in total. The molecule has 0 bridgehead atoms. The van der Waals surface area contributed by atoms with E-state index >= 15 is 0 Å². The average Bonchev–Trinajstić information content (AvgIpc) is 2.74. The maximum Gasteiger partial charge on any atom is 0.271 e. The normalized spacial score (nSPS) is 10.9. The van der Waals surface area contributed by atoms with Crippen LogP contribution in [0.1, 0.15) is 37.7 Å². The number of nitrogen functional groups attached to an aromatic ring is 1. The van der Waals surface area contributed by atoms with Crippen LogP contribution in [-0.2, 0) is 11.3 Å². The monoisotopic (exact) mass is 268 g/mol. The molecular formula is C13H24N4O2. The quantitative estimate of drug-likeness (QED) is 0.696. The maximum absolute atomic E-state index is 11.9. The van der Waals surface area contributed by atoms with Crippen molar-refractivity contribution in [2.24, 2.45) is 5.92 Å².